The Morgan fingerprint density at radius 2 is 0.968 bits per heavy atom. The summed E-state index contributed by atoms with van der Waals surface area (Å²) in [7, 11) is -3.53. The average Bonchev–Trinajstić information content (AvgIpc) is 3.26. The molecule has 2 fully saturated rings. The van der Waals surface area contributed by atoms with Gasteiger partial charge in [-0.15, -0.1) is 0 Å². The van der Waals surface area contributed by atoms with Gasteiger partial charge in [-0.05, 0) is 148 Å². The van der Waals surface area contributed by atoms with Crippen molar-refractivity contribution in [2.45, 2.75) is 114 Å². The number of nitrogens with one attached hydrogen (secondary N) is 1. The molecule has 0 saturated carbocycles. The van der Waals surface area contributed by atoms with E-state index in [1.54, 1.807) is 36.4 Å². The zero-order chi connectivity index (χ0) is 46.5. The van der Waals surface area contributed by atoms with E-state index < -0.39 is 16.6 Å². The van der Waals surface area contributed by atoms with Crippen LogP contribution in [0.1, 0.15) is 99.1 Å². The number of carbonyl (C=O) groups is 2. The molecular formula is C52H73BrCl2N2O4Si2. The van der Waals surface area contributed by atoms with Gasteiger partial charge in [-0.3, -0.25) is 14.5 Å². The van der Waals surface area contributed by atoms with Crippen LogP contribution in [-0.2, 0) is 19.7 Å². The third kappa shape index (κ3) is 15.3. The second kappa shape index (κ2) is 23.3. The number of carbonyl (C=O) groups excluding carboxylic acids is 2. The molecule has 0 radical (unpaired) electrons. The van der Waals surface area contributed by atoms with Crippen molar-refractivity contribution >= 4 is 67.3 Å². The minimum absolute atomic E-state index is 0.0105. The fraction of sp³-hybridized carbons (Fsp3) is 0.500. The van der Waals surface area contributed by atoms with Crippen molar-refractivity contribution in [1.82, 2.24) is 10.2 Å². The average molecular weight is 997 g/mol. The lowest BCUT2D eigenvalue weighted by Crippen LogP contribution is -2.50. The van der Waals surface area contributed by atoms with Gasteiger partial charge < -0.3 is 14.2 Å². The van der Waals surface area contributed by atoms with Crippen LogP contribution in [0, 0.1) is 0 Å². The first-order chi connectivity index (χ1) is 29.5. The summed E-state index contributed by atoms with van der Waals surface area (Å²) in [6.45, 7) is 29.2. The molecule has 11 heteroatoms. The third-order valence-corrected chi connectivity index (χ3v) is 24.0. The first kappa shape index (κ1) is 53.2. The molecule has 0 atom stereocenters. The van der Waals surface area contributed by atoms with Gasteiger partial charge in [-0.25, -0.2) is 0 Å². The van der Waals surface area contributed by atoms with E-state index in [9.17, 15) is 9.59 Å². The van der Waals surface area contributed by atoms with Crippen LogP contribution in [0.5, 0.6) is 0 Å². The highest BCUT2D eigenvalue weighted by Gasteiger charge is 2.43. The Morgan fingerprint density at radius 1 is 0.603 bits per heavy atom. The molecule has 0 bridgehead atoms. The number of alkyl halides is 1. The van der Waals surface area contributed by atoms with Gasteiger partial charge in [0.1, 0.15) is 0 Å². The van der Waals surface area contributed by atoms with Gasteiger partial charge in [0.2, 0.25) is 0 Å². The normalized spacial score (nSPS) is 16.8. The minimum Gasteiger partial charge on any atom is -0.416 e. The Bertz CT molecular complexity index is 2010. The van der Waals surface area contributed by atoms with Crippen LogP contribution in [-0.4, -0.2) is 84.4 Å². The van der Waals surface area contributed by atoms with Crippen LogP contribution in [0.4, 0.5) is 0 Å². The largest absolute Gasteiger partial charge is 0.416 e. The Kier molecular flexibility index (Phi) is 19.7. The van der Waals surface area contributed by atoms with Gasteiger partial charge in [0, 0.05) is 45.2 Å². The van der Waals surface area contributed by atoms with Crippen molar-refractivity contribution in [3.8, 4) is 0 Å². The third-order valence-electron chi connectivity index (χ3n) is 14.0. The topological polar surface area (TPSA) is 67.9 Å². The maximum atomic E-state index is 12.7. The SMILES string of the molecule is CC(C)(C)[Si](C)(C)OCC1(c2ccccc2)CCN(CC(=O)c2ccc(Cl)cc2)CC1.CC(C)(C)[Si](C)(C)OCC1(c2ccccc2)CCNCC1.O=C(CBr)c1ccc(Cl)cc1. The van der Waals surface area contributed by atoms with E-state index in [4.69, 9.17) is 32.1 Å². The molecule has 0 amide bonds. The van der Waals surface area contributed by atoms with Crippen LogP contribution < -0.4 is 5.32 Å². The number of hydrogen-bond donors (Lipinski definition) is 1. The second-order valence-electron chi connectivity index (χ2n) is 20.4. The molecule has 0 spiro atoms. The first-order valence-electron chi connectivity index (χ1n) is 22.5. The molecule has 1 N–H and O–H groups in total. The molecular weight excluding hydrogens is 924 g/mol. The molecule has 0 aliphatic carbocycles. The number of Topliss-reactive ketones (excluding diaryl/α,β-unsaturated/α-hetero) is 2. The summed E-state index contributed by atoms with van der Waals surface area (Å²) in [5.41, 5.74) is 4.43. The summed E-state index contributed by atoms with van der Waals surface area (Å²) in [5, 5.41) is 5.62. The van der Waals surface area contributed by atoms with Crippen molar-refractivity contribution < 1.29 is 18.4 Å². The molecule has 6 rings (SSSR count). The maximum Gasteiger partial charge on any atom is 0.192 e. The van der Waals surface area contributed by atoms with E-state index in [1.165, 1.54) is 24.0 Å². The molecule has 0 unspecified atom stereocenters. The molecule has 2 saturated heterocycles. The fourth-order valence-corrected chi connectivity index (χ4v) is 10.1. The summed E-state index contributed by atoms with van der Waals surface area (Å²) < 4.78 is 13.3. The number of benzene rings is 4. The van der Waals surface area contributed by atoms with E-state index in [0.717, 1.165) is 57.8 Å². The molecule has 4 aromatic rings. The second-order valence-corrected chi connectivity index (χ2v) is 31.5. The summed E-state index contributed by atoms with van der Waals surface area (Å²) in [5.74, 6) is 0.225. The van der Waals surface area contributed by atoms with Crippen LogP contribution in [0.3, 0.4) is 0 Å². The van der Waals surface area contributed by atoms with Crippen molar-refractivity contribution in [2.75, 3.05) is 51.3 Å². The number of halogens is 3. The molecule has 6 nitrogen and oxygen atoms in total. The highest BCUT2D eigenvalue weighted by Crippen LogP contribution is 2.42. The lowest BCUT2D eigenvalue weighted by molar-refractivity contribution is 0.0808. The Morgan fingerprint density at radius 3 is 1.33 bits per heavy atom. The van der Waals surface area contributed by atoms with Crippen LogP contribution in [0.15, 0.2) is 109 Å². The standard InChI is InChI=1S/C26H36ClNO2Si.C18H31NOSi.C8H6BrClO/c1-25(2,3)31(4,5)30-20-26(22-9-7-6-8-10-22)15-17-28(18-16-26)19-24(29)21-11-13-23(27)14-12-21;1-17(2,3)21(4,5)20-15-18(11-13-19-14-12-18)16-9-7-6-8-10-16;9-5-8(11)6-1-3-7(10)4-2-6/h6-14H,15-20H2,1-5H3;6-10,19H,11-15H2,1-5H3;1-4H,5H2. The number of likely N-dealkylation sites (tertiary alicyclic amines) is 1. The highest BCUT2D eigenvalue weighted by atomic mass is 79.9. The van der Waals surface area contributed by atoms with Crippen molar-refractivity contribution in [2.24, 2.45) is 0 Å². The number of hydrogen-bond acceptors (Lipinski definition) is 6. The number of rotatable bonds is 13. The molecule has 2 aliphatic heterocycles. The van der Waals surface area contributed by atoms with E-state index in [2.05, 4.69) is 155 Å². The molecule has 344 valence electrons. The molecule has 2 heterocycles. The summed E-state index contributed by atoms with van der Waals surface area (Å²) >= 11 is 14.7. The molecule has 4 aromatic carbocycles. The predicted molar refractivity (Wildman–Crippen MR) is 276 cm³/mol. The van der Waals surface area contributed by atoms with Gasteiger partial charge in [-0.1, -0.05) is 141 Å². The van der Waals surface area contributed by atoms with Gasteiger partial charge in [0.15, 0.2) is 28.2 Å². The highest BCUT2D eigenvalue weighted by molar-refractivity contribution is 9.09. The monoisotopic (exact) mass is 994 g/mol. The van der Waals surface area contributed by atoms with E-state index in [1.807, 2.05) is 12.1 Å². The van der Waals surface area contributed by atoms with Crippen molar-refractivity contribution in [1.29, 1.82) is 0 Å². The quantitative estimate of drug-likeness (QED) is 0.0818. The van der Waals surface area contributed by atoms with E-state index in [0.29, 0.717) is 27.5 Å². The van der Waals surface area contributed by atoms with Crippen LogP contribution in [0.25, 0.3) is 0 Å². The lowest BCUT2D eigenvalue weighted by Gasteiger charge is -2.45. The van der Waals surface area contributed by atoms with Crippen molar-refractivity contribution in [3.05, 3.63) is 141 Å². The Hall–Kier alpha value is -2.45. The van der Waals surface area contributed by atoms with Crippen LogP contribution >= 0.6 is 39.1 Å². The minimum atomic E-state index is -1.84. The zero-order valence-corrected chi connectivity index (χ0v) is 44.7. The first-order valence-corrected chi connectivity index (χ1v) is 30.2. The number of nitrogens with zero attached hydrogens (tertiary/aromatic N) is 1. The lowest BCUT2D eigenvalue weighted by atomic mass is 9.73. The summed E-state index contributed by atoms with van der Waals surface area (Å²) in [4.78, 5) is 26.0. The molecule has 2 aliphatic rings. The predicted octanol–water partition coefficient (Wildman–Crippen LogP) is 13.8. The van der Waals surface area contributed by atoms with Gasteiger partial charge in [-0.2, -0.15) is 0 Å². The van der Waals surface area contributed by atoms with Gasteiger partial charge >= 0.3 is 0 Å². The molecule has 0 aromatic heterocycles. The number of piperidine rings is 2. The summed E-state index contributed by atoms with van der Waals surface area (Å²) in [6.07, 6.45) is 4.34. The van der Waals surface area contributed by atoms with Crippen molar-refractivity contribution in [3.63, 3.8) is 0 Å². The smallest absolute Gasteiger partial charge is 0.192 e. The van der Waals surface area contributed by atoms with Gasteiger partial charge in [0.25, 0.3) is 0 Å². The fourth-order valence-electron chi connectivity index (χ4n) is 7.37. The number of ketones is 2. The van der Waals surface area contributed by atoms with E-state index in [-0.39, 0.29) is 32.5 Å². The summed E-state index contributed by atoms with van der Waals surface area (Å²) in [6, 6.07) is 35.8. The van der Waals surface area contributed by atoms with E-state index >= 15 is 0 Å². The Balaban J connectivity index is 0.000000233. The van der Waals surface area contributed by atoms with Gasteiger partial charge in [0.05, 0.1) is 11.9 Å². The van der Waals surface area contributed by atoms with Crippen LogP contribution in [0.2, 0.25) is 46.3 Å². The Labute approximate surface area is 400 Å². The maximum absolute atomic E-state index is 12.7. The molecule has 63 heavy (non-hydrogen) atoms. The zero-order valence-electron chi connectivity index (χ0n) is 39.6.